The molecule has 2 nitrogen and oxygen atoms in total. The van der Waals surface area contributed by atoms with E-state index in [1.807, 2.05) is 24.3 Å². The van der Waals surface area contributed by atoms with E-state index in [1.54, 1.807) is 0 Å². The predicted molar refractivity (Wildman–Crippen MR) is 54.9 cm³/mol. The summed E-state index contributed by atoms with van der Waals surface area (Å²) in [5.41, 5.74) is 1.86. The number of carbonyl (C=O) groups is 1. The van der Waals surface area contributed by atoms with Gasteiger partial charge in [-0.15, -0.1) is 0 Å². The maximum atomic E-state index is 10.2. The summed E-state index contributed by atoms with van der Waals surface area (Å²) in [6.45, 7) is 2.09. The van der Waals surface area contributed by atoms with E-state index in [4.69, 9.17) is 5.26 Å². The number of hydrogen-bond donors (Lipinski definition) is 0. The Balaban J connectivity index is 2.67. The Morgan fingerprint density at radius 1 is 1.43 bits per heavy atom. The van der Waals surface area contributed by atoms with Gasteiger partial charge >= 0.3 is 0 Å². The van der Waals surface area contributed by atoms with Crippen LogP contribution in [-0.2, 0) is 4.79 Å². The molecule has 14 heavy (non-hydrogen) atoms. The highest BCUT2D eigenvalue weighted by Gasteiger charge is 2.04. The summed E-state index contributed by atoms with van der Waals surface area (Å²) in [6.07, 6.45) is 2.41. The van der Waals surface area contributed by atoms with Gasteiger partial charge in [0, 0.05) is 6.42 Å². The van der Waals surface area contributed by atoms with Crippen LogP contribution < -0.4 is 0 Å². The lowest BCUT2D eigenvalue weighted by atomic mass is 9.96. The highest BCUT2D eigenvalue weighted by Crippen LogP contribution is 2.20. The van der Waals surface area contributed by atoms with Crippen LogP contribution in [0.25, 0.3) is 0 Å². The lowest BCUT2D eigenvalue weighted by Crippen LogP contribution is -1.93. The van der Waals surface area contributed by atoms with Gasteiger partial charge in [0.25, 0.3) is 0 Å². The number of nitriles is 1. The number of carbonyl (C=O) groups excluding carboxylic acids is 1. The van der Waals surface area contributed by atoms with Gasteiger partial charge in [0.1, 0.15) is 6.29 Å². The first kappa shape index (κ1) is 10.5. The molecule has 72 valence electrons. The molecule has 1 rings (SSSR count). The van der Waals surface area contributed by atoms with Crippen LogP contribution in [0, 0.1) is 11.3 Å². The Morgan fingerprint density at radius 3 is 2.57 bits per heavy atom. The van der Waals surface area contributed by atoms with E-state index < -0.39 is 0 Å². The molecular weight excluding hydrogens is 174 g/mol. The molecule has 1 atom stereocenters. The molecule has 0 bridgehead atoms. The maximum absolute atomic E-state index is 10.2. The first-order valence-corrected chi connectivity index (χ1v) is 4.71. The van der Waals surface area contributed by atoms with Crippen LogP contribution in [0.3, 0.4) is 0 Å². The molecule has 0 spiro atoms. The molecule has 0 aliphatic carbocycles. The fourth-order valence-electron chi connectivity index (χ4n) is 1.37. The predicted octanol–water partition coefficient (Wildman–Crippen LogP) is 2.64. The molecule has 1 aromatic rings. The third kappa shape index (κ3) is 2.70. The zero-order valence-corrected chi connectivity index (χ0v) is 8.23. The molecule has 2 heteroatoms. The summed E-state index contributed by atoms with van der Waals surface area (Å²) in [5, 5.41) is 8.61. The van der Waals surface area contributed by atoms with Crippen molar-refractivity contribution in [3.8, 4) is 6.07 Å². The molecule has 0 N–H and O–H groups in total. The molecule has 0 heterocycles. The van der Waals surface area contributed by atoms with Crippen molar-refractivity contribution < 1.29 is 4.79 Å². The van der Waals surface area contributed by atoms with Crippen molar-refractivity contribution >= 4 is 6.29 Å². The van der Waals surface area contributed by atoms with Crippen molar-refractivity contribution in [1.82, 2.24) is 0 Å². The van der Waals surface area contributed by atoms with Crippen molar-refractivity contribution in [2.45, 2.75) is 25.7 Å². The van der Waals surface area contributed by atoms with Gasteiger partial charge in [-0.25, -0.2) is 0 Å². The highest BCUT2D eigenvalue weighted by molar-refractivity contribution is 5.49. The summed E-state index contributed by atoms with van der Waals surface area (Å²) in [6, 6.07) is 9.61. The standard InChI is InChI=1S/C12H13NO/c1-10(3-2-8-14)12-6-4-11(9-13)5-7-12/h4-8,10H,2-3H2,1H3. The largest absolute Gasteiger partial charge is 0.303 e. The van der Waals surface area contributed by atoms with Crippen LogP contribution >= 0.6 is 0 Å². The Kier molecular flexibility index (Phi) is 3.87. The molecule has 0 fully saturated rings. The van der Waals surface area contributed by atoms with Crippen LogP contribution in [0.15, 0.2) is 24.3 Å². The van der Waals surface area contributed by atoms with Crippen molar-refractivity contribution in [1.29, 1.82) is 5.26 Å². The fraction of sp³-hybridized carbons (Fsp3) is 0.333. The van der Waals surface area contributed by atoms with Gasteiger partial charge < -0.3 is 4.79 Å². The minimum atomic E-state index is 0.382. The second-order valence-corrected chi connectivity index (χ2v) is 3.38. The van der Waals surface area contributed by atoms with Crippen LogP contribution in [0.2, 0.25) is 0 Å². The quantitative estimate of drug-likeness (QED) is 0.680. The molecule has 0 saturated carbocycles. The van der Waals surface area contributed by atoms with E-state index in [9.17, 15) is 4.79 Å². The van der Waals surface area contributed by atoms with Crippen LogP contribution in [0.1, 0.15) is 36.8 Å². The van der Waals surface area contributed by atoms with Gasteiger partial charge in [0.2, 0.25) is 0 Å². The molecule has 0 aliphatic rings. The van der Waals surface area contributed by atoms with Crippen molar-refractivity contribution in [3.63, 3.8) is 0 Å². The first-order chi connectivity index (χ1) is 6.77. The van der Waals surface area contributed by atoms with Gasteiger partial charge in [-0.3, -0.25) is 0 Å². The second kappa shape index (κ2) is 5.18. The number of aldehydes is 1. The molecular formula is C12H13NO. The minimum Gasteiger partial charge on any atom is -0.303 e. The zero-order valence-electron chi connectivity index (χ0n) is 8.23. The number of benzene rings is 1. The Labute approximate surface area is 84.2 Å². The van der Waals surface area contributed by atoms with Crippen LogP contribution in [-0.4, -0.2) is 6.29 Å². The Morgan fingerprint density at radius 2 is 2.07 bits per heavy atom. The number of rotatable bonds is 4. The monoisotopic (exact) mass is 187 g/mol. The summed E-state index contributed by atoms with van der Waals surface area (Å²) >= 11 is 0. The first-order valence-electron chi connectivity index (χ1n) is 4.71. The molecule has 0 aliphatic heterocycles. The van der Waals surface area contributed by atoms with Gasteiger partial charge in [-0.2, -0.15) is 5.26 Å². The third-order valence-corrected chi connectivity index (χ3v) is 2.33. The smallest absolute Gasteiger partial charge is 0.120 e. The normalized spacial score (nSPS) is 11.7. The summed E-state index contributed by atoms with van der Waals surface area (Å²) in [4.78, 5) is 10.2. The SMILES string of the molecule is CC(CCC=O)c1ccc(C#N)cc1. The lowest BCUT2D eigenvalue weighted by molar-refractivity contribution is -0.108. The van der Waals surface area contributed by atoms with E-state index in [-0.39, 0.29) is 0 Å². The molecule has 0 saturated heterocycles. The van der Waals surface area contributed by atoms with Gasteiger partial charge in [-0.1, -0.05) is 19.1 Å². The molecule has 0 radical (unpaired) electrons. The summed E-state index contributed by atoms with van der Waals surface area (Å²) < 4.78 is 0. The average molecular weight is 187 g/mol. The number of hydrogen-bond acceptors (Lipinski definition) is 2. The van der Waals surface area contributed by atoms with Gasteiger partial charge in [0.05, 0.1) is 11.6 Å². The van der Waals surface area contributed by atoms with Crippen molar-refractivity contribution in [2.24, 2.45) is 0 Å². The Bertz CT molecular complexity index is 334. The van der Waals surface area contributed by atoms with E-state index in [2.05, 4.69) is 13.0 Å². The minimum absolute atomic E-state index is 0.382. The van der Waals surface area contributed by atoms with Crippen molar-refractivity contribution in [3.05, 3.63) is 35.4 Å². The van der Waals surface area contributed by atoms with Crippen molar-refractivity contribution in [2.75, 3.05) is 0 Å². The molecule has 1 unspecified atom stereocenters. The second-order valence-electron chi connectivity index (χ2n) is 3.38. The summed E-state index contributed by atoms with van der Waals surface area (Å²) in [7, 11) is 0. The topological polar surface area (TPSA) is 40.9 Å². The van der Waals surface area contributed by atoms with Gasteiger partial charge in [-0.05, 0) is 30.0 Å². The Hall–Kier alpha value is -1.62. The molecule has 0 amide bonds. The summed E-state index contributed by atoms with van der Waals surface area (Å²) in [5.74, 6) is 0.382. The van der Waals surface area contributed by atoms with Crippen LogP contribution in [0.4, 0.5) is 0 Å². The lowest BCUT2D eigenvalue weighted by Gasteiger charge is -2.09. The maximum Gasteiger partial charge on any atom is 0.120 e. The van der Waals surface area contributed by atoms with E-state index in [1.165, 1.54) is 5.56 Å². The molecule has 0 aromatic heterocycles. The van der Waals surface area contributed by atoms with E-state index in [0.29, 0.717) is 17.9 Å². The third-order valence-electron chi connectivity index (χ3n) is 2.33. The molecule has 1 aromatic carbocycles. The average Bonchev–Trinajstić information content (AvgIpc) is 2.26. The zero-order chi connectivity index (χ0) is 10.4. The van der Waals surface area contributed by atoms with E-state index in [0.717, 1.165) is 12.7 Å². The fourth-order valence-corrected chi connectivity index (χ4v) is 1.37. The van der Waals surface area contributed by atoms with Gasteiger partial charge in [0.15, 0.2) is 0 Å². The van der Waals surface area contributed by atoms with E-state index >= 15 is 0 Å². The number of nitrogens with zero attached hydrogens (tertiary/aromatic N) is 1. The highest BCUT2D eigenvalue weighted by atomic mass is 16.1. The van der Waals surface area contributed by atoms with Crippen LogP contribution in [0.5, 0.6) is 0 Å².